The Morgan fingerprint density at radius 1 is 1.40 bits per heavy atom. The summed E-state index contributed by atoms with van der Waals surface area (Å²) in [6.45, 7) is 0. The molecule has 0 saturated heterocycles. The predicted molar refractivity (Wildman–Crippen MR) is 68.4 cm³/mol. The van der Waals surface area contributed by atoms with E-state index in [2.05, 4.69) is 10.6 Å². The molecule has 6 heteroatoms. The van der Waals surface area contributed by atoms with Gasteiger partial charge in [-0.25, -0.2) is 8.42 Å². The van der Waals surface area contributed by atoms with Crippen molar-refractivity contribution in [3.05, 3.63) is 29.3 Å². The maximum Gasteiger partial charge on any atom is 0.242 e. The Morgan fingerprint density at radius 2 is 1.93 bits per heavy atom. The summed E-state index contributed by atoms with van der Waals surface area (Å²) in [4.78, 5) is 0.142. The zero-order valence-corrected chi connectivity index (χ0v) is 11.2. The van der Waals surface area contributed by atoms with Gasteiger partial charge in [0.05, 0.1) is 4.90 Å². The largest absolute Gasteiger partial charge is 0.242 e. The molecule has 1 aromatic carbocycles. The van der Waals surface area contributed by atoms with Gasteiger partial charge in [-0.3, -0.25) is 0 Å². The molecule has 0 aliphatic carbocycles. The first-order valence-electron chi connectivity index (χ1n) is 3.84. The number of hydrogen-bond donors (Lipinski definition) is 1. The molecule has 0 spiro atoms. The van der Waals surface area contributed by atoms with E-state index < -0.39 is 14.1 Å². The molecular formula is C9H7ClINO2S. The normalized spacial score (nSPS) is 13.1. The molecule has 0 saturated carbocycles. The Kier molecular flexibility index (Phi) is 4.40. The highest BCUT2D eigenvalue weighted by molar-refractivity contribution is 14.1. The Labute approximate surface area is 107 Å². The molecule has 15 heavy (non-hydrogen) atoms. The molecule has 0 aliphatic rings. The van der Waals surface area contributed by atoms with E-state index in [1.165, 1.54) is 24.3 Å². The molecule has 80 valence electrons. The van der Waals surface area contributed by atoms with Crippen LogP contribution in [0.25, 0.3) is 0 Å². The summed E-state index contributed by atoms with van der Waals surface area (Å²) in [5, 5.41) is 0.483. The molecule has 0 bridgehead atoms. The van der Waals surface area contributed by atoms with Crippen LogP contribution in [-0.2, 0) is 10.0 Å². The number of sulfonamides is 1. The number of alkyl halides is 1. The molecule has 0 aromatic heterocycles. The highest BCUT2D eigenvalue weighted by Crippen LogP contribution is 2.14. The van der Waals surface area contributed by atoms with Crippen LogP contribution in [0.4, 0.5) is 0 Å². The van der Waals surface area contributed by atoms with Gasteiger partial charge in [0.1, 0.15) is 4.05 Å². The minimum absolute atomic E-state index is 0.142. The predicted octanol–water partition coefficient (Wildman–Crippen LogP) is 2.01. The van der Waals surface area contributed by atoms with Gasteiger partial charge in [0, 0.05) is 5.02 Å². The van der Waals surface area contributed by atoms with Crippen molar-refractivity contribution in [1.82, 2.24) is 4.72 Å². The standard InChI is InChI=1S/C9H7ClINO2S/c1-2-9(11)12-15(13,14)8-5-3-7(10)4-6-8/h1,3-6,9,12H. The van der Waals surface area contributed by atoms with E-state index in [1.807, 2.05) is 22.6 Å². The maximum atomic E-state index is 11.7. The van der Waals surface area contributed by atoms with Gasteiger partial charge in [-0.05, 0) is 46.9 Å². The monoisotopic (exact) mass is 355 g/mol. The summed E-state index contributed by atoms with van der Waals surface area (Å²) in [6.07, 6.45) is 5.08. The van der Waals surface area contributed by atoms with Crippen molar-refractivity contribution < 1.29 is 8.42 Å². The molecule has 0 heterocycles. The maximum absolute atomic E-state index is 11.7. The lowest BCUT2D eigenvalue weighted by atomic mass is 10.4. The highest BCUT2D eigenvalue weighted by Gasteiger charge is 2.16. The van der Waals surface area contributed by atoms with E-state index in [0.717, 1.165) is 0 Å². The third-order valence-corrected chi connectivity index (χ3v) is 4.31. The summed E-state index contributed by atoms with van der Waals surface area (Å²) in [7, 11) is -3.55. The Morgan fingerprint density at radius 3 is 2.40 bits per heavy atom. The zero-order valence-electron chi connectivity index (χ0n) is 7.44. The second-order valence-electron chi connectivity index (χ2n) is 2.60. The van der Waals surface area contributed by atoms with Gasteiger partial charge in [-0.1, -0.05) is 17.5 Å². The van der Waals surface area contributed by atoms with Gasteiger partial charge in [0.2, 0.25) is 10.0 Å². The van der Waals surface area contributed by atoms with E-state index in [1.54, 1.807) is 0 Å². The molecule has 0 radical (unpaired) electrons. The first-order valence-corrected chi connectivity index (χ1v) is 6.94. The van der Waals surface area contributed by atoms with Gasteiger partial charge in [-0.2, -0.15) is 4.72 Å². The molecule has 1 atom stereocenters. The molecule has 0 aliphatic heterocycles. The fourth-order valence-electron chi connectivity index (χ4n) is 0.852. The molecule has 1 N–H and O–H groups in total. The van der Waals surface area contributed by atoms with E-state index in [-0.39, 0.29) is 4.90 Å². The number of rotatable bonds is 3. The smallest absolute Gasteiger partial charge is 0.207 e. The zero-order chi connectivity index (χ0) is 11.5. The lowest BCUT2D eigenvalue weighted by molar-refractivity contribution is 0.585. The van der Waals surface area contributed by atoms with Crippen LogP contribution in [0.15, 0.2) is 29.2 Å². The average molecular weight is 356 g/mol. The Bertz CT molecular complexity index is 478. The summed E-state index contributed by atoms with van der Waals surface area (Å²) in [5.74, 6) is 2.27. The topological polar surface area (TPSA) is 46.2 Å². The minimum atomic E-state index is -3.55. The number of benzene rings is 1. The summed E-state index contributed by atoms with van der Waals surface area (Å²) in [5.41, 5.74) is 0. The van der Waals surface area contributed by atoms with E-state index in [4.69, 9.17) is 18.0 Å². The van der Waals surface area contributed by atoms with Crippen molar-refractivity contribution in [3.63, 3.8) is 0 Å². The van der Waals surface area contributed by atoms with Crippen LogP contribution in [-0.4, -0.2) is 12.5 Å². The van der Waals surface area contributed by atoms with Gasteiger partial charge < -0.3 is 0 Å². The number of terminal acetylenes is 1. The molecule has 1 aromatic rings. The van der Waals surface area contributed by atoms with Crippen LogP contribution in [0, 0.1) is 12.3 Å². The van der Waals surface area contributed by atoms with Crippen LogP contribution >= 0.6 is 34.2 Å². The Balaban J connectivity index is 2.98. The lowest BCUT2D eigenvalue weighted by Crippen LogP contribution is -2.29. The Hall–Kier alpha value is -0.290. The summed E-state index contributed by atoms with van der Waals surface area (Å²) >= 11 is 7.46. The van der Waals surface area contributed by atoms with E-state index in [0.29, 0.717) is 5.02 Å². The molecular weight excluding hydrogens is 349 g/mol. The molecule has 0 amide bonds. The first kappa shape index (κ1) is 12.8. The van der Waals surface area contributed by atoms with Crippen molar-refractivity contribution in [2.24, 2.45) is 0 Å². The van der Waals surface area contributed by atoms with Crippen molar-refractivity contribution in [2.75, 3.05) is 0 Å². The second kappa shape index (κ2) is 5.16. The first-order chi connectivity index (χ1) is 6.95. The fraction of sp³-hybridized carbons (Fsp3) is 0.111. The molecule has 1 rings (SSSR count). The summed E-state index contributed by atoms with van der Waals surface area (Å²) in [6, 6.07) is 5.86. The van der Waals surface area contributed by atoms with Crippen LogP contribution < -0.4 is 4.72 Å². The number of hydrogen-bond acceptors (Lipinski definition) is 2. The number of nitrogens with one attached hydrogen (secondary N) is 1. The van der Waals surface area contributed by atoms with Gasteiger partial charge in [-0.15, -0.1) is 6.42 Å². The van der Waals surface area contributed by atoms with Crippen molar-refractivity contribution in [3.8, 4) is 12.3 Å². The van der Waals surface area contributed by atoms with E-state index in [9.17, 15) is 8.42 Å². The average Bonchev–Trinajstić information content (AvgIpc) is 2.17. The van der Waals surface area contributed by atoms with Crippen LogP contribution in [0.3, 0.4) is 0 Å². The third kappa shape index (κ3) is 3.65. The van der Waals surface area contributed by atoms with Crippen molar-refractivity contribution in [1.29, 1.82) is 0 Å². The van der Waals surface area contributed by atoms with E-state index >= 15 is 0 Å². The third-order valence-electron chi connectivity index (χ3n) is 1.53. The van der Waals surface area contributed by atoms with Crippen LogP contribution in [0.5, 0.6) is 0 Å². The SMILES string of the molecule is C#CC(I)NS(=O)(=O)c1ccc(Cl)cc1. The van der Waals surface area contributed by atoms with Crippen LogP contribution in [0.1, 0.15) is 0 Å². The van der Waals surface area contributed by atoms with Crippen molar-refractivity contribution in [2.45, 2.75) is 8.94 Å². The fourth-order valence-corrected chi connectivity index (χ4v) is 2.95. The molecule has 3 nitrogen and oxygen atoms in total. The minimum Gasteiger partial charge on any atom is -0.207 e. The van der Waals surface area contributed by atoms with Gasteiger partial charge in [0.15, 0.2) is 0 Å². The molecule has 1 unspecified atom stereocenters. The van der Waals surface area contributed by atoms with Crippen LogP contribution in [0.2, 0.25) is 5.02 Å². The second-order valence-corrected chi connectivity index (χ2v) is 6.00. The van der Waals surface area contributed by atoms with Gasteiger partial charge in [0.25, 0.3) is 0 Å². The summed E-state index contributed by atoms with van der Waals surface area (Å²) < 4.78 is 25.1. The molecule has 0 fully saturated rings. The number of halogens is 2. The highest BCUT2D eigenvalue weighted by atomic mass is 127. The quantitative estimate of drug-likeness (QED) is 0.390. The lowest BCUT2D eigenvalue weighted by Gasteiger charge is -2.07. The van der Waals surface area contributed by atoms with Gasteiger partial charge >= 0.3 is 0 Å². The van der Waals surface area contributed by atoms with Crippen molar-refractivity contribution >= 4 is 44.2 Å².